The van der Waals surface area contributed by atoms with Gasteiger partial charge in [0.05, 0.1) is 0 Å². The van der Waals surface area contributed by atoms with Gasteiger partial charge < -0.3 is 10.1 Å². The molecule has 0 unspecified atom stereocenters. The molecule has 0 bridgehead atoms. The predicted octanol–water partition coefficient (Wildman–Crippen LogP) is 3.07. The van der Waals surface area contributed by atoms with Crippen molar-refractivity contribution in [2.24, 2.45) is 0 Å². The average molecular weight is 293 g/mol. The fourth-order valence-corrected chi connectivity index (χ4v) is 1.55. The number of hydrogen-bond acceptors (Lipinski definition) is 4. The van der Waals surface area contributed by atoms with E-state index in [1.165, 1.54) is 6.07 Å². The van der Waals surface area contributed by atoms with Crippen molar-refractivity contribution in [2.75, 3.05) is 18.5 Å². The number of ether oxygens (including phenoxy) is 1. The molecule has 1 aliphatic carbocycles. The zero-order valence-electron chi connectivity index (χ0n) is 10.9. The second kappa shape index (κ2) is 5.80. The van der Waals surface area contributed by atoms with E-state index in [1.807, 2.05) is 6.92 Å². The van der Waals surface area contributed by atoms with Crippen LogP contribution in [0, 0.1) is 0 Å². The van der Waals surface area contributed by atoms with E-state index in [1.54, 1.807) is 0 Å². The number of alkyl halides is 4. The molecular formula is C12H15F4N3O. The molecule has 0 saturated heterocycles. The number of rotatable bonds is 7. The smallest absolute Gasteiger partial charge is 0.340 e. The fourth-order valence-electron chi connectivity index (χ4n) is 1.55. The summed E-state index contributed by atoms with van der Waals surface area (Å²) in [6.07, 6.45) is -1.90. The molecule has 4 nitrogen and oxygen atoms in total. The molecule has 1 aromatic rings. The molecule has 0 spiro atoms. The average Bonchev–Trinajstić information content (AvgIpc) is 3.21. The Hall–Kier alpha value is -1.60. The Kier molecular flexibility index (Phi) is 4.29. The molecule has 1 aromatic heterocycles. The van der Waals surface area contributed by atoms with Crippen molar-refractivity contribution in [3.63, 3.8) is 0 Å². The number of anilines is 1. The Balaban J connectivity index is 2.10. The van der Waals surface area contributed by atoms with E-state index in [2.05, 4.69) is 15.3 Å². The monoisotopic (exact) mass is 293 g/mol. The van der Waals surface area contributed by atoms with Crippen LogP contribution >= 0.6 is 0 Å². The Morgan fingerprint density at radius 1 is 1.40 bits per heavy atom. The Labute approximate surface area is 113 Å². The van der Waals surface area contributed by atoms with Gasteiger partial charge in [-0.25, -0.2) is 13.8 Å². The van der Waals surface area contributed by atoms with Crippen molar-refractivity contribution in [1.82, 2.24) is 9.97 Å². The van der Waals surface area contributed by atoms with Gasteiger partial charge in [0.1, 0.15) is 11.6 Å². The molecule has 20 heavy (non-hydrogen) atoms. The molecule has 1 aliphatic rings. The minimum absolute atomic E-state index is 0.113. The van der Waals surface area contributed by atoms with Crippen molar-refractivity contribution < 1.29 is 22.3 Å². The van der Waals surface area contributed by atoms with Gasteiger partial charge in [-0.15, -0.1) is 0 Å². The lowest BCUT2D eigenvalue weighted by Crippen LogP contribution is -2.34. The van der Waals surface area contributed by atoms with Gasteiger partial charge in [0, 0.05) is 18.5 Å². The molecule has 8 heteroatoms. The van der Waals surface area contributed by atoms with Crippen LogP contribution in [0.15, 0.2) is 6.07 Å². The summed E-state index contributed by atoms with van der Waals surface area (Å²) in [4.78, 5) is 8.22. The van der Waals surface area contributed by atoms with Gasteiger partial charge >= 0.3 is 12.3 Å². The van der Waals surface area contributed by atoms with Crippen LogP contribution in [-0.2, 0) is 0 Å². The van der Waals surface area contributed by atoms with Crippen LogP contribution in [0.2, 0.25) is 0 Å². The van der Waals surface area contributed by atoms with E-state index >= 15 is 0 Å². The molecule has 1 heterocycles. The van der Waals surface area contributed by atoms with Crippen molar-refractivity contribution in [1.29, 1.82) is 0 Å². The highest BCUT2D eigenvalue weighted by molar-refractivity contribution is 5.39. The summed E-state index contributed by atoms with van der Waals surface area (Å²) in [7, 11) is 0. The van der Waals surface area contributed by atoms with E-state index in [0.29, 0.717) is 18.2 Å². The first kappa shape index (κ1) is 14.8. The number of nitrogens with zero attached hydrogens (tertiary/aromatic N) is 2. The summed E-state index contributed by atoms with van der Waals surface area (Å²) in [5.74, 6) is -3.16. The van der Waals surface area contributed by atoms with Crippen molar-refractivity contribution in [3.05, 3.63) is 11.9 Å². The van der Waals surface area contributed by atoms with E-state index in [4.69, 9.17) is 4.74 Å². The third kappa shape index (κ3) is 3.71. The van der Waals surface area contributed by atoms with Gasteiger partial charge in [-0.3, -0.25) is 0 Å². The van der Waals surface area contributed by atoms with Crippen LogP contribution in [-0.4, -0.2) is 35.5 Å². The molecule has 0 amide bonds. The topological polar surface area (TPSA) is 47.0 Å². The van der Waals surface area contributed by atoms with Crippen molar-refractivity contribution in [2.45, 2.75) is 38.0 Å². The van der Waals surface area contributed by atoms with Gasteiger partial charge in [0.25, 0.3) is 0 Å². The largest absolute Gasteiger partial charge is 0.471 e. The van der Waals surface area contributed by atoms with Gasteiger partial charge in [-0.2, -0.15) is 13.8 Å². The molecule has 0 radical (unpaired) electrons. The van der Waals surface area contributed by atoms with Crippen molar-refractivity contribution >= 4 is 5.82 Å². The first-order chi connectivity index (χ1) is 9.42. The molecule has 0 aliphatic heterocycles. The van der Waals surface area contributed by atoms with Crippen LogP contribution in [0.4, 0.5) is 23.4 Å². The number of nitrogens with one attached hydrogen (secondary N) is 1. The number of hydrogen-bond donors (Lipinski definition) is 1. The Morgan fingerprint density at radius 2 is 2.10 bits per heavy atom. The summed E-state index contributed by atoms with van der Waals surface area (Å²) in [5.41, 5.74) is 0. The lowest BCUT2D eigenvalue weighted by atomic mass is 10.3. The zero-order chi connectivity index (χ0) is 14.8. The first-order valence-electron chi connectivity index (χ1n) is 6.34. The summed E-state index contributed by atoms with van der Waals surface area (Å²) >= 11 is 0. The van der Waals surface area contributed by atoms with Gasteiger partial charge in [0.2, 0.25) is 5.88 Å². The highest BCUT2D eigenvalue weighted by Crippen LogP contribution is 2.39. The highest BCUT2D eigenvalue weighted by Gasteiger charge is 2.42. The molecule has 1 N–H and O–H groups in total. The Morgan fingerprint density at radius 3 is 2.65 bits per heavy atom. The summed E-state index contributed by atoms with van der Waals surface area (Å²) < 4.78 is 54.5. The number of aromatic nitrogens is 2. The third-order valence-electron chi connectivity index (χ3n) is 2.75. The van der Waals surface area contributed by atoms with E-state index in [9.17, 15) is 17.6 Å². The minimum atomic E-state index is -4.19. The molecule has 0 aromatic carbocycles. The van der Waals surface area contributed by atoms with Gasteiger partial charge in [0.15, 0.2) is 6.61 Å². The van der Waals surface area contributed by atoms with Gasteiger partial charge in [-0.05, 0) is 19.8 Å². The van der Waals surface area contributed by atoms with Crippen molar-refractivity contribution in [3.8, 4) is 5.88 Å². The molecular weight excluding hydrogens is 278 g/mol. The lowest BCUT2D eigenvalue weighted by Gasteiger charge is -2.16. The van der Waals surface area contributed by atoms with Crippen LogP contribution in [0.25, 0.3) is 0 Å². The SMILES string of the molecule is CCNc1cc(OCC(F)(F)C(F)F)nc(C2CC2)n1. The maximum Gasteiger partial charge on any atom is 0.340 e. The van der Waals surface area contributed by atoms with E-state index < -0.39 is 19.0 Å². The first-order valence-corrected chi connectivity index (χ1v) is 6.34. The summed E-state index contributed by atoms with van der Waals surface area (Å²) in [5, 5.41) is 2.92. The van der Waals surface area contributed by atoms with Crippen LogP contribution in [0.3, 0.4) is 0 Å². The van der Waals surface area contributed by atoms with Crippen LogP contribution in [0.5, 0.6) is 5.88 Å². The molecule has 112 valence electrons. The maximum atomic E-state index is 12.8. The quantitative estimate of drug-likeness (QED) is 0.785. The van der Waals surface area contributed by atoms with E-state index in [-0.39, 0.29) is 11.8 Å². The number of halogens is 4. The minimum Gasteiger partial charge on any atom is -0.471 e. The van der Waals surface area contributed by atoms with Gasteiger partial charge in [-0.1, -0.05) is 0 Å². The highest BCUT2D eigenvalue weighted by atomic mass is 19.3. The summed E-state index contributed by atoms with van der Waals surface area (Å²) in [6, 6.07) is 1.33. The van der Waals surface area contributed by atoms with Crippen LogP contribution in [0.1, 0.15) is 31.5 Å². The molecule has 0 atom stereocenters. The lowest BCUT2D eigenvalue weighted by molar-refractivity contribution is -0.148. The standard InChI is InChI=1S/C12H15F4N3O/c1-2-17-8-5-9(19-10(18-8)7-3-4-7)20-6-12(15,16)11(13)14/h5,7,11H,2-4,6H2,1H3,(H,17,18,19). The zero-order valence-corrected chi connectivity index (χ0v) is 10.9. The second-order valence-corrected chi connectivity index (χ2v) is 4.60. The molecule has 1 saturated carbocycles. The molecule has 2 rings (SSSR count). The maximum absolute atomic E-state index is 12.8. The van der Waals surface area contributed by atoms with E-state index in [0.717, 1.165) is 12.8 Å². The third-order valence-corrected chi connectivity index (χ3v) is 2.75. The normalized spacial score (nSPS) is 15.5. The molecule has 1 fully saturated rings. The van der Waals surface area contributed by atoms with Crippen LogP contribution < -0.4 is 10.1 Å². The fraction of sp³-hybridized carbons (Fsp3) is 0.667. The second-order valence-electron chi connectivity index (χ2n) is 4.60. The summed E-state index contributed by atoms with van der Waals surface area (Å²) in [6.45, 7) is 1.04. The Bertz CT molecular complexity index is 466. The predicted molar refractivity (Wildman–Crippen MR) is 64.6 cm³/mol.